The maximum Gasteiger partial charge on any atom is 0.340 e. The van der Waals surface area contributed by atoms with Crippen LogP contribution in [-0.4, -0.2) is 28.8 Å². The molecule has 2 aromatic rings. The number of carbonyl (C=O) groups is 2. The van der Waals surface area contributed by atoms with Crippen LogP contribution in [0.5, 0.6) is 0 Å². The number of ketones is 1. The topological polar surface area (TPSA) is 52.6 Å². The molecule has 0 radical (unpaired) electrons. The van der Waals surface area contributed by atoms with Gasteiger partial charge in [-0.2, -0.15) is 0 Å². The molecule has 1 aromatic heterocycles. The molecule has 0 N–H and O–H groups in total. The number of hydrogen-bond acceptors (Lipinski definition) is 6. The molecule has 0 amide bonds. The Balaban J connectivity index is 1.81. The summed E-state index contributed by atoms with van der Waals surface area (Å²) in [6.07, 6.45) is 1.29. The van der Waals surface area contributed by atoms with Gasteiger partial charge in [-0.1, -0.05) is 42.5 Å². The van der Waals surface area contributed by atoms with Crippen LogP contribution in [0.15, 0.2) is 30.3 Å². The number of carbonyl (C=O) groups excluding carboxylic acids is 2. The van der Waals surface area contributed by atoms with Crippen LogP contribution in [-0.2, 0) is 28.9 Å². The second-order valence-corrected chi connectivity index (χ2v) is 9.55. The highest BCUT2D eigenvalue weighted by atomic mass is 32.1. The number of ether oxygens (including phenoxy) is 2. The van der Waals surface area contributed by atoms with E-state index in [0.717, 1.165) is 15.3 Å². The Bertz CT molecular complexity index is 891. The zero-order valence-electron chi connectivity index (χ0n) is 16.4. The molecule has 0 bridgehead atoms. The summed E-state index contributed by atoms with van der Waals surface area (Å²) >= 11 is 7.05. The van der Waals surface area contributed by atoms with Crippen LogP contribution in [0.1, 0.15) is 63.2 Å². The van der Waals surface area contributed by atoms with Gasteiger partial charge in [-0.15, -0.1) is 11.3 Å². The lowest BCUT2D eigenvalue weighted by atomic mass is 10.00. The molecule has 0 spiro atoms. The van der Waals surface area contributed by atoms with Gasteiger partial charge in [0.25, 0.3) is 0 Å². The summed E-state index contributed by atoms with van der Waals surface area (Å²) < 4.78 is 11.2. The molecule has 2 heterocycles. The molecule has 0 fully saturated rings. The second kappa shape index (κ2) is 8.64. The Labute approximate surface area is 174 Å². The van der Waals surface area contributed by atoms with E-state index in [0.29, 0.717) is 42.0 Å². The number of benzene rings is 1. The van der Waals surface area contributed by atoms with E-state index in [9.17, 15) is 9.59 Å². The number of thiophene rings is 1. The van der Waals surface area contributed by atoms with E-state index in [1.54, 1.807) is 23.5 Å². The summed E-state index contributed by atoms with van der Waals surface area (Å²) in [4.78, 5) is 27.9. The molecule has 28 heavy (non-hydrogen) atoms. The normalized spacial score (nSPS) is 13.7. The minimum absolute atomic E-state index is 0.00549. The van der Waals surface area contributed by atoms with Gasteiger partial charge in [0.15, 0.2) is 5.78 Å². The van der Waals surface area contributed by atoms with E-state index < -0.39 is 5.60 Å². The van der Waals surface area contributed by atoms with E-state index in [2.05, 4.69) is 0 Å². The summed E-state index contributed by atoms with van der Waals surface area (Å²) in [5.41, 5.74) is 1.71. The van der Waals surface area contributed by atoms with Crippen LogP contribution < -0.4 is 0 Å². The van der Waals surface area contributed by atoms with Crippen LogP contribution in [0, 0.1) is 0 Å². The third-order valence-corrected chi connectivity index (χ3v) is 5.80. The third kappa shape index (κ3) is 5.13. The first-order valence-corrected chi connectivity index (χ1v) is 10.5. The first-order valence-electron chi connectivity index (χ1n) is 9.29. The maximum atomic E-state index is 12.9. The van der Waals surface area contributed by atoms with Gasteiger partial charge in [0.1, 0.15) is 5.60 Å². The van der Waals surface area contributed by atoms with Gasteiger partial charge in [-0.3, -0.25) is 4.79 Å². The van der Waals surface area contributed by atoms with Gasteiger partial charge in [0.05, 0.1) is 18.8 Å². The van der Waals surface area contributed by atoms with Gasteiger partial charge in [0, 0.05) is 33.0 Å². The first-order chi connectivity index (χ1) is 13.2. The van der Waals surface area contributed by atoms with E-state index in [4.69, 9.17) is 21.7 Å². The lowest BCUT2D eigenvalue weighted by Gasteiger charge is -2.21. The van der Waals surface area contributed by atoms with Crippen LogP contribution in [0.2, 0.25) is 0 Å². The highest BCUT2D eigenvalue weighted by molar-refractivity contribution is 7.80. The molecule has 0 saturated carbocycles. The summed E-state index contributed by atoms with van der Waals surface area (Å²) in [7, 11) is 0. The lowest BCUT2D eigenvalue weighted by molar-refractivity contribution is 0.00665. The Morgan fingerprint density at radius 2 is 1.93 bits per heavy atom. The van der Waals surface area contributed by atoms with Crippen molar-refractivity contribution < 1.29 is 19.1 Å². The predicted octanol–water partition coefficient (Wildman–Crippen LogP) is 4.96. The smallest absolute Gasteiger partial charge is 0.340 e. The number of fused-ring (bicyclic) bond motifs is 1. The SMILES string of the molecule is CC(C)(C)OC(=O)c1c(CC(=S)CC(=O)c2ccccc2)sc2c1CCOC2. The Morgan fingerprint density at radius 3 is 2.61 bits per heavy atom. The van der Waals surface area contributed by atoms with Gasteiger partial charge in [0.2, 0.25) is 0 Å². The number of Topliss-reactive ketones (excluding diaryl/α,β-unsaturated/α-hetero) is 1. The molecule has 4 nitrogen and oxygen atoms in total. The van der Waals surface area contributed by atoms with Crippen LogP contribution in [0.3, 0.4) is 0 Å². The van der Waals surface area contributed by atoms with E-state index in [1.165, 1.54) is 0 Å². The summed E-state index contributed by atoms with van der Waals surface area (Å²) in [6.45, 7) is 6.67. The lowest BCUT2D eigenvalue weighted by Crippen LogP contribution is -2.25. The third-order valence-electron chi connectivity index (χ3n) is 4.31. The fourth-order valence-electron chi connectivity index (χ4n) is 3.13. The summed E-state index contributed by atoms with van der Waals surface area (Å²) in [5.74, 6) is -0.326. The molecular formula is C22H24O4S2. The summed E-state index contributed by atoms with van der Waals surface area (Å²) in [6, 6.07) is 9.13. The highest BCUT2D eigenvalue weighted by Crippen LogP contribution is 2.34. The van der Waals surface area contributed by atoms with E-state index in [-0.39, 0.29) is 18.2 Å². The second-order valence-electron chi connectivity index (χ2n) is 7.79. The van der Waals surface area contributed by atoms with Gasteiger partial charge < -0.3 is 9.47 Å². The van der Waals surface area contributed by atoms with E-state index in [1.807, 2.05) is 39.0 Å². The number of rotatable bonds is 6. The van der Waals surface area contributed by atoms with Crippen molar-refractivity contribution in [1.82, 2.24) is 0 Å². The number of thiocarbonyl (C=S) groups is 1. The molecule has 1 aliphatic rings. The van der Waals surface area contributed by atoms with Crippen molar-refractivity contribution in [2.24, 2.45) is 0 Å². The minimum atomic E-state index is -0.571. The zero-order chi connectivity index (χ0) is 20.3. The molecule has 0 saturated heterocycles. The average molecular weight is 417 g/mol. The highest BCUT2D eigenvalue weighted by Gasteiger charge is 2.29. The van der Waals surface area contributed by atoms with Crippen molar-refractivity contribution in [3.8, 4) is 0 Å². The fourth-order valence-corrected chi connectivity index (χ4v) is 4.82. The Kier molecular flexibility index (Phi) is 6.43. The molecule has 0 atom stereocenters. The standard InChI is InChI=1S/C22H24O4S2/c1-22(2,3)26-21(24)20-16-9-10-25-13-19(16)28-18(20)12-15(27)11-17(23)14-7-5-4-6-8-14/h4-8H,9-13H2,1-3H3. The molecule has 6 heteroatoms. The monoisotopic (exact) mass is 416 g/mol. The van der Waals surface area contributed by atoms with Crippen LogP contribution >= 0.6 is 23.6 Å². The van der Waals surface area contributed by atoms with Crippen LogP contribution in [0.25, 0.3) is 0 Å². The minimum Gasteiger partial charge on any atom is -0.456 e. The molecule has 1 aliphatic heterocycles. The quantitative estimate of drug-likeness (QED) is 0.378. The predicted molar refractivity (Wildman–Crippen MR) is 115 cm³/mol. The van der Waals surface area contributed by atoms with Crippen molar-refractivity contribution in [2.75, 3.05) is 6.61 Å². The first kappa shape index (κ1) is 20.8. The zero-order valence-corrected chi connectivity index (χ0v) is 18.0. The number of esters is 1. The van der Waals surface area contributed by atoms with E-state index >= 15 is 0 Å². The fraction of sp³-hybridized carbons (Fsp3) is 0.409. The van der Waals surface area contributed by atoms with Crippen molar-refractivity contribution in [3.05, 3.63) is 56.8 Å². The number of hydrogen-bond donors (Lipinski definition) is 0. The van der Waals surface area contributed by atoms with Crippen molar-refractivity contribution in [1.29, 1.82) is 0 Å². The summed E-state index contributed by atoms with van der Waals surface area (Å²) in [5, 5.41) is 0. The van der Waals surface area contributed by atoms with Gasteiger partial charge >= 0.3 is 5.97 Å². The largest absolute Gasteiger partial charge is 0.456 e. The van der Waals surface area contributed by atoms with Gasteiger partial charge in [-0.05, 0) is 32.8 Å². The molecule has 148 valence electrons. The molecule has 0 aliphatic carbocycles. The Hall–Kier alpha value is -1.89. The van der Waals surface area contributed by atoms with Crippen molar-refractivity contribution >= 4 is 40.2 Å². The Morgan fingerprint density at radius 1 is 1.21 bits per heavy atom. The molecule has 1 aromatic carbocycles. The molecule has 0 unspecified atom stereocenters. The average Bonchev–Trinajstić information content (AvgIpc) is 2.98. The van der Waals surface area contributed by atoms with Crippen molar-refractivity contribution in [2.45, 2.75) is 52.2 Å². The van der Waals surface area contributed by atoms with Crippen molar-refractivity contribution in [3.63, 3.8) is 0 Å². The van der Waals surface area contributed by atoms with Gasteiger partial charge in [-0.25, -0.2) is 4.79 Å². The van der Waals surface area contributed by atoms with Crippen LogP contribution in [0.4, 0.5) is 0 Å². The molecule has 3 rings (SSSR count). The molecular weight excluding hydrogens is 392 g/mol. The maximum absolute atomic E-state index is 12.9.